The van der Waals surface area contributed by atoms with E-state index in [0.29, 0.717) is 6.08 Å². The summed E-state index contributed by atoms with van der Waals surface area (Å²) in [6.07, 6.45) is 0.611. The number of esters is 1. The highest BCUT2D eigenvalue weighted by Gasteiger charge is 2.33. The normalized spacial score (nSPS) is 10.8. The van der Waals surface area contributed by atoms with Crippen molar-refractivity contribution in [3.63, 3.8) is 0 Å². The molecule has 0 aliphatic rings. The Balaban J connectivity index is 3.44. The molecule has 0 aliphatic carbocycles. The van der Waals surface area contributed by atoms with Crippen LogP contribution < -0.4 is 0 Å². The fourth-order valence-electron chi connectivity index (χ4n) is 1.26. The number of benzene rings is 1. The van der Waals surface area contributed by atoms with Gasteiger partial charge in [0.25, 0.3) is 0 Å². The molecule has 1 aromatic carbocycles. The number of carbonyl (C=O) groups is 2. The molecule has 20 heavy (non-hydrogen) atoms. The molecular weight excluding hydrogens is 291 g/mol. The summed E-state index contributed by atoms with van der Waals surface area (Å²) in [7, 11) is 0. The number of aromatic carboxylic acids is 1. The van der Waals surface area contributed by atoms with Crippen LogP contribution in [0.25, 0.3) is 0 Å². The van der Waals surface area contributed by atoms with Crippen molar-refractivity contribution in [2.24, 2.45) is 0 Å². The lowest BCUT2D eigenvalue weighted by atomic mass is 10.1. The van der Waals surface area contributed by atoms with Crippen LogP contribution in [-0.2, 0) is 4.74 Å². The van der Waals surface area contributed by atoms with E-state index in [1.54, 1.807) is 0 Å². The van der Waals surface area contributed by atoms with E-state index < -0.39 is 52.9 Å². The lowest BCUT2D eigenvalue weighted by Crippen LogP contribution is -2.19. The number of rotatable bonds is 4. The molecule has 0 unspecified atom stereocenters. The first-order valence-electron chi connectivity index (χ1n) is 4.84. The Morgan fingerprint density at radius 3 is 1.95 bits per heavy atom. The van der Waals surface area contributed by atoms with E-state index in [2.05, 4.69) is 4.74 Å². The Morgan fingerprint density at radius 1 is 1.00 bits per heavy atom. The lowest BCUT2D eigenvalue weighted by molar-refractivity contribution is 0.0525. The number of carbonyl (C=O) groups excluding carboxylic acids is 1. The van der Waals surface area contributed by atoms with Gasteiger partial charge in [-0.1, -0.05) is 0 Å². The van der Waals surface area contributed by atoms with E-state index in [-0.39, 0.29) is 6.33 Å². The highest BCUT2D eigenvalue weighted by molar-refractivity contribution is 6.02. The molecular formula is C11H5F5O4. The van der Waals surface area contributed by atoms with Gasteiger partial charge in [0.05, 0.1) is 6.33 Å². The third-order valence-electron chi connectivity index (χ3n) is 2.08. The summed E-state index contributed by atoms with van der Waals surface area (Å²) in [5.41, 5.74) is -3.34. The third kappa shape index (κ3) is 2.76. The molecule has 9 heteroatoms. The van der Waals surface area contributed by atoms with Gasteiger partial charge >= 0.3 is 11.9 Å². The van der Waals surface area contributed by atoms with Crippen LogP contribution in [0.3, 0.4) is 0 Å². The number of carboxylic acid groups (broad SMARTS) is 1. The molecule has 0 atom stereocenters. The Kier molecular flexibility index (Phi) is 4.78. The Morgan fingerprint density at radius 2 is 1.50 bits per heavy atom. The predicted molar refractivity (Wildman–Crippen MR) is 53.8 cm³/mol. The Bertz CT molecular complexity index is 597. The molecule has 1 aromatic rings. The quantitative estimate of drug-likeness (QED) is 0.401. The van der Waals surface area contributed by atoms with Crippen LogP contribution in [0.4, 0.5) is 22.0 Å². The number of carboxylic acids is 1. The SMILES string of the molecule is O=C(O)c1c(F)c(F)c(F)c(F)c1C(=O)OCC=CF. The molecule has 0 fully saturated rings. The molecule has 0 saturated heterocycles. The van der Waals surface area contributed by atoms with Crippen molar-refractivity contribution in [2.45, 2.75) is 0 Å². The average Bonchev–Trinajstić information content (AvgIpc) is 2.39. The van der Waals surface area contributed by atoms with Gasteiger partial charge in [0.2, 0.25) is 0 Å². The van der Waals surface area contributed by atoms with Gasteiger partial charge in [0, 0.05) is 0 Å². The van der Waals surface area contributed by atoms with Gasteiger partial charge in [-0.05, 0) is 6.08 Å². The second kappa shape index (κ2) is 6.13. The van der Waals surface area contributed by atoms with Gasteiger partial charge in [0.15, 0.2) is 23.3 Å². The van der Waals surface area contributed by atoms with Gasteiger partial charge in [-0.15, -0.1) is 0 Å². The first-order valence-corrected chi connectivity index (χ1v) is 4.84. The van der Waals surface area contributed by atoms with Crippen LogP contribution in [0.15, 0.2) is 12.4 Å². The van der Waals surface area contributed by atoms with Crippen molar-refractivity contribution in [2.75, 3.05) is 6.61 Å². The molecule has 1 rings (SSSR count). The first kappa shape index (κ1) is 15.6. The van der Waals surface area contributed by atoms with Crippen LogP contribution in [0.5, 0.6) is 0 Å². The van der Waals surface area contributed by atoms with Gasteiger partial charge in [-0.3, -0.25) is 0 Å². The highest BCUT2D eigenvalue weighted by atomic mass is 19.2. The number of halogens is 5. The van der Waals surface area contributed by atoms with Crippen LogP contribution in [0.1, 0.15) is 20.7 Å². The molecule has 0 saturated carbocycles. The summed E-state index contributed by atoms with van der Waals surface area (Å²) in [5.74, 6) is -13.2. The monoisotopic (exact) mass is 296 g/mol. The minimum Gasteiger partial charge on any atom is -0.478 e. The second-order valence-electron chi connectivity index (χ2n) is 3.27. The topological polar surface area (TPSA) is 63.6 Å². The second-order valence-corrected chi connectivity index (χ2v) is 3.27. The molecule has 0 spiro atoms. The van der Waals surface area contributed by atoms with Crippen molar-refractivity contribution in [3.8, 4) is 0 Å². The van der Waals surface area contributed by atoms with Gasteiger partial charge in [-0.2, -0.15) is 0 Å². The minimum atomic E-state index is -2.37. The van der Waals surface area contributed by atoms with Gasteiger partial charge in [-0.25, -0.2) is 31.5 Å². The average molecular weight is 296 g/mol. The molecule has 0 heterocycles. The summed E-state index contributed by atoms with van der Waals surface area (Å²) >= 11 is 0. The van der Waals surface area contributed by atoms with Crippen molar-refractivity contribution >= 4 is 11.9 Å². The lowest BCUT2D eigenvalue weighted by Gasteiger charge is -2.09. The standard InChI is InChI=1S/C11H5F5O4/c12-2-1-3-20-11(19)5-4(10(17)18)6(13)8(15)9(16)7(5)14/h1-2H,3H2,(H,17,18). The maximum Gasteiger partial charge on any atom is 0.342 e. The number of hydrogen-bond acceptors (Lipinski definition) is 3. The molecule has 0 amide bonds. The summed E-state index contributed by atoms with van der Waals surface area (Å²) in [6, 6.07) is 0. The maximum atomic E-state index is 13.4. The summed E-state index contributed by atoms with van der Waals surface area (Å²) in [5, 5.41) is 8.63. The van der Waals surface area contributed by atoms with E-state index in [1.165, 1.54) is 0 Å². The zero-order valence-corrected chi connectivity index (χ0v) is 9.42. The largest absolute Gasteiger partial charge is 0.478 e. The zero-order valence-electron chi connectivity index (χ0n) is 9.42. The smallest absolute Gasteiger partial charge is 0.342 e. The van der Waals surface area contributed by atoms with Crippen LogP contribution >= 0.6 is 0 Å². The maximum absolute atomic E-state index is 13.4. The molecule has 108 valence electrons. The molecule has 4 nitrogen and oxygen atoms in total. The van der Waals surface area contributed by atoms with Crippen molar-refractivity contribution in [1.82, 2.24) is 0 Å². The van der Waals surface area contributed by atoms with Crippen LogP contribution in [0, 0.1) is 23.3 Å². The van der Waals surface area contributed by atoms with E-state index >= 15 is 0 Å². The molecule has 0 radical (unpaired) electrons. The van der Waals surface area contributed by atoms with Crippen LogP contribution in [0.2, 0.25) is 0 Å². The van der Waals surface area contributed by atoms with Crippen LogP contribution in [-0.4, -0.2) is 23.7 Å². The Labute approximate surface area is 108 Å². The summed E-state index contributed by atoms with van der Waals surface area (Å²) in [4.78, 5) is 22.1. The molecule has 0 bridgehead atoms. The Hall–Kier alpha value is -2.45. The first-order chi connectivity index (χ1) is 9.32. The van der Waals surface area contributed by atoms with E-state index in [0.717, 1.165) is 0 Å². The number of hydrogen-bond donors (Lipinski definition) is 1. The summed E-state index contributed by atoms with van der Waals surface area (Å²) < 4.78 is 68.3. The van der Waals surface area contributed by atoms with E-state index in [9.17, 15) is 31.5 Å². The zero-order chi connectivity index (χ0) is 15.4. The third-order valence-corrected chi connectivity index (χ3v) is 2.08. The van der Waals surface area contributed by atoms with Gasteiger partial charge < -0.3 is 9.84 Å². The van der Waals surface area contributed by atoms with Crippen molar-refractivity contribution in [1.29, 1.82) is 0 Å². The fraction of sp³-hybridized carbons (Fsp3) is 0.0909. The van der Waals surface area contributed by atoms with Crippen molar-refractivity contribution < 1.29 is 41.4 Å². The number of ether oxygens (including phenoxy) is 1. The molecule has 0 aliphatic heterocycles. The molecule has 1 N–H and O–H groups in total. The van der Waals surface area contributed by atoms with Gasteiger partial charge in [0.1, 0.15) is 17.7 Å². The van der Waals surface area contributed by atoms with Crippen molar-refractivity contribution in [3.05, 3.63) is 46.8 Å². The van der Waals surface area contributed by atoms with E-state index in [1.807, 2.05) is 0 Å². The minimum absolute atomic E-state index is 0.0342. The van der Waals surface area contributed by atoms with E-state index in [4.69, 9.17) is 5.11 Å². The predicted octanol–water partition coefficient (Wildman–Crippen LogP) is 2.58. The fourth-order valence-corrected chi connectivity index (χ4v) is 1.26. The molecule has 0 aromatic heterocycles. The summed E-state index contributed by atoms with van der Waals surface area (Å²) in [6.45, 7) is -0.742. The highest BCUT2D eigenvalue weighted by Crippen LogP contribution is 2.25.